The maximum atomic E-state index is 11.6. The van der Waals surface area contributed by atoms with Crippen molar-refractivity contribution in [2.45, 2.75) is 25.3 Å². The Morgan fingerprint density at radius 3 is 2.89 bits per heavy atom. The molecule has 1 aliphatic rings. The number of nitrogens with two attached hydrogens (primary N) is 1. The van der Waals surface area contributed by atoms with Crippen LogP contribution in [0.15, 0.2) is 24.3 Å². The highest BCUT2D eigenvalue weighted by Gasteiger charge is 2.32. The Morgan fingerprint density at radius 1 is 1.50 bits per heavy atom. The zero-order valence-corrected chi connectivity index (χ0v) is 10.9. The number of carbonyl (C=O) groups is 1. The van der Waals surface area contributed by atoms with Crippen molar-refractivity contribution in [2.24, 2.45) is 5.73 Å². The Labute approximate surface area is 108 Å². The van der Waals surface area contributed by atoms with Gasteiger partial charge in [-0.3, -0.25) is 4.79 Å². The predicted molar refractivity (Wildman–Crippen MR) is 71.7 cm³/mol. The van der Waals surface area contributed by atoms with E-state index in [4.69, 9.17) is 10.5 Å². The first-order chi connectivity index (χ1) is 8.65. The second kappa shape index (κ2) is 5.40. The summed E-state index contributed by atoms with van der Waals surface area (Å²) in [5, 5.41) is 0. The molecule has 1 aromatic rings. The molecule has 4 nitrogen and oxygen atoms in total. The summed E-state index contributed by atoms with van der Waals surface area (Å²) in [5.74, 6) is -0.407. The topological polar surface area (TPSA) is 55.6 Å². The summed E-state index contributed by atoms with van der Waals surface area (Å²) in [5.41, 5.74) is 7.66. The first-order valence-corrected chi connectivity index (χ1v) is 6.29. The SMILES string of the molecule is COCCN1c2ccccc2[C@@H](C(N)=O)C[C@H]1C. The minimum absolute atomic E-state index is 0.171. The molecule has 0 spiro atoms. The van der Waals surface area contributed by atoms with Crippen molar-refractivity contribution >= 4 is 11.6 Å². The van der Waals surface area contributed by atoms with Crippen LogP contribution in [0, 0.1) is 0 Å². The third-order valence-corrected chi connectivity index (χ3v) is 3.61. The molecule has 0 saturated heterocycles. The van der Waals surface area contributed by atoms with E-state index >= 15 is 0 Å². The summed E-state index contributed by atoms with van der Waals surface area (Å²) < 4.78 is 5.15. The van der Waals surface area contributed by atoms with E-state index in [1.807, 2.05) is 18.2 Å². The highest BCUT2D eigenvalue weighted by molar-refractivity contribution is 5.85. The lowest BCUT2D eigenvalue weighted by Crippen LogP contribution is -2.43. The highest BCUT2D eigenvalue weighted by Crippen LogP contribution is 2.37. The normalized spacial score (nSPS) is 22.7. The molecule has 1 amide bonds. The maximum Gasteiger partial charge on any atom is 0.225 e. The summed E-state index contributed by atoms with van der Waals surface area (Å²) in [4.78, 5) is 13.9. The minimum Gasteiger partial charge on any atom is -0.383 e. The number of para-hydroxylation sites is 1. The number of fused-ring (bicyclic) bond motifs is 1. The van der Waals surface area contributed by atoms with Gasteiger partial charge in [-0.1, -0.05) is 18.2 Å². The zero-order chi connectivity index (χ0) is 13.1. The first kappa shape index (κ1) is 12.9. The smallest absolute Gasteiger partial charge is 0.225 e. The number of amides is 1. The predicted octanol–water partition coefficient (Wildman–Crippen LogP) is 1.50. The molecule has 1 aliphatic heterocycles. The van der Waals surface area contributed by atoms with Crippen LogP contribution >= 0.6 is 0 Å². The fourth-order valence-corrected chi connectivity index (χ4v) is 2.68. The second-order valence-electron chi connectivity index (χ2n) is 4.78. The Morgan fingerprint density at radius 2 is 2.22 bits per heavy atom. The molecule has 0 aromatic heterocycles. The Balaban J connectivity index is 2.35. The molecule has 1 aromatic carbocycles. The van der Waals surface area contributed by atoms with Crippen LogP contribution in [-0.2, 0) is 9.53 Å². The van der Waals surface area contributed by atoms with Crippen LogP contribution in [-0.4, -0.2) is 32.2 Å². The van der Waals surface area contributed by atoms with Gasteiger partial charge in [-0.2, -0.15) is 0 Å². The summed E-state index contributed by atoms with van der Waals surface area (Å²) in [6.45, 7) is 3.64. The van der Waals surface area contributed by atoms with E-state index < -0.39 is 0 Å². The van der Waals surface area contributed by atoms with Gasteiger partial charge in [0.25, 0.3) is 0 Å². The zero-order valence-electron chi connectivity index (χ0n) is 10.9. The van der Waals surface area contributed by atoms with E-state index in [9.17, 15) is 4.79 Å². The molecule has 0 unspecified atom stereocenters. The van der Waals surface area contributed by atoms with Crippen LogP contribution < -0.4 is 10.6 Å². The van der Waals surface area contributed by atoms with Gasteiger partial charge < -0.3 is 15.4 Å². The number of hydrogen-bond acceptors (Lipinski definition) is 3. The van der Waals surface area contributed by atoms with Crippen LogP contribution in [0.3, 0.4) is 0 Å². The molecule has 0 radical (unpaired) electrons. The van der Waals surface area contributed by atoms with E-state index in [-0.39, 0.29) is 11.8 Å². The molecule has 2 atom stereocenters. The number of hydrogen-bond donors (Lipinski definition) is 1. The molecule has 0 fully saturated rings. The van der Waals surface area contributed by atoms with Gasteiger partial charge >= 0.3 is 0 Å². The molecule has 18 heavy (non-hydrogen) atoms. The molecule has 2 N–H and O–H groups in total. The lowest BCUT2D eigenvalue weighted by atomic mass is 9.85. The fourth-order valence-electron chi connectivity index (χ4n) is 2.68. The molecule has 0 saturated carbocycles. The van der Waals surface area contributed by atoms with Crippen molar-refractivity contribution in [3.63, 3.8) is 0 Å². The average molecular weight is 248 g/mol. The van der Waals surface area contributed by atoms with Crippen LogP contribution in [0.4, 0.5) is 5.69 Å². The number of anilines is 1. The van der Waals surface area contributed by atoms with Gasteiger partial charge in [0.15, 0.2) is 0 Å². The van der Waals surface area contributed by atoms with Crippen molar-refractivity contribution < 1.29 is 9.53 Å². The van der Waals surface area contributed by atoms with Gasteiger partial charge in [-0.05, 0) is 25.0 Å². The van der Waals surface area contributed by atoms with Crippen LogP contribution in [0.1, 0.15) is 24.8 Å². The highest BCUT2D eigenvalue weighted by atomic mass is 16.5. The van der Waals surface area contributed by atoms with E-state index in [2.05, 4.69) is 17.9 Å². The van der Waals surface area contributed by atoms with Gasteiger partial charge in [-0.25, -0.2) is 0 Å². The van der Waals surface area contributed by atoms with Crippen molar-refractivity contribution in [1.29, 1.82) is 0 Å². The quantitative estimate of drug-likeness (QED) is 0.878. The standard InChI is InChI=1S/C14H20N2O2/c1-10-9-12(14(15)17)11-5-3-4-6-13(11)16(10)7-8-18-2/h3-6,10,12H,7-9H2,1-2H3,(H2,15,17)/t10-,12+/m1/s1. The summed E-state index contributed by atoms with van der Waals surface area (Å²) >= 11 is 0. The van der Waals surface area contributed by atoms with Crippen LogP contribution in [0.25, 0.3) is 0 Å². The van der Waals surface area contributed by atoms with Crippen molar-refractivity contribution in [3.8, 4) is 0 Å². The third-order valence-electron chi connectivity index (χ3n) is 3.61. The molecular formula is C14H20N2O2. The van der Waals surface area contributed by atoms with Gasteiger partial charge in [0, 0.05) is 25.4 Å². The number of ether oxygens (including phenoxy) is 1. The van der Waals surface area contributed by atoms with Crippen molar-refractivity contribution in [1.82, 2.24) is 0 Å². The van der Waals surface area contributed by atoms with Crippen LogP contribution in [0.5, 0.6) is 0 Å². The molecule has 0 bridgehead atoms. The lowest BCUT2D eigenvalue weighted by Gasteiger charge is -2.39. The van der Waals surface area contributed by atoms with Gasteiger partial charge in [0.1, 0.15) is 0 Å². The number of rotatable bonds is 4. The molecule has 0 aliphatic carbocycles. The monoisotopic (exact) mass is 248 g/mol. The summed E-state index contributed by atoms with van der Waals surface area (Å²) in [6.07, 6.45) is 0.774. The first-order valence-electron chi connectivity index (χ1n) is 6.29. The molecule has 4 heteroatoms. The number of benzene rings is 1. The van der Waals surface area contributed by atoms with E-state index in [0.29, 0.717) is 12.6 Å². The molecule has 98 valence electrons. The average Bonchev–Trinajstić information content (AvgIpc) is 2.36. The number of nitrogens with zero attached hydrogens (tertiary/aromatic N) is 1. The fraction of sp³-hybridized carbons (Fsp3) is 0.500. The van der Waals surface area contributed by atoms with Gasteiger partial charge in [0.05, 0.1) is 12.5 Å². The maximum absolute atomic E-state index is 11.6. The van der Waals surface area contributed by atoms with Gasteiger partial charge in [-0.15, -0.1) is 0 Å². The Hall–Kier alpha value is -1.55. The third kappa shape index (κ3) is 2.34. The largest absolute Gasteiger partial charge is 0.383 e. The minimum atomic E-state index is -0.235. The van der Waals surface area contributed by atoms with Crippen molar-refractivity contribution in [2.75, 3.05) is 25.2 Å². The number of carbonyl (C=O) groups excluding carboxylic acids is 1. The Bertz CT molecular complexity index is 434. The summed E-state index contributed by atoms with van der Waals surface area (Å²) in [7, 11) is 1.70. The van der Waals surface area contributed by atoms with E-state index in [0.717, 1.165) is 24.2 Å². The van der Waals surface area contributed by atoms with E-state index in [1.54, 1.807) is 7.11 Å². The Kier molecular flexibility index (Phi) is 3.87. The number of primary amides is 1. The lowest BCUT2D eigenvalue weighted by molar-refractivity contribution is -0.119. The molecule has 2 rings (SSSR count). The van der Waals surface area contributed by atoms with Gasteiger partial charge in [0.2, 0.25) is 5.91 Å². The van der Waals surface area contributed by atoms with E-state index in [1.165, 1.54) is 0 Å². The van der Waals surface area contributed by atoms with Crippen LogP contribution in [0.2, 0.25) is 0 Å². The number of methoxy groups -OCH3 is 1. The molecule has 1 heterocycles. The molecular weight excluding hydrogens is 228 g/mol. The second-order valence-corrected chi connectivity index (χ2v) is 4.78. The van der Waals surface area contributed by atoms with Crippen molar-refractivity contribution in [3.05, 3.63) is 29.8 Å². The summed E-state index contributed by atoms with van der Waals surface area (Å²) in [6, 6.07) is 8.30.